The van der Waals surface area contributed by atoms with Crippen LogP contribution in [0, 0.1) is 0 Å². The molecule has 1 aliphatic rings. The molecule has 4 heteroatoms. The Balaban J connectivity index is 1.71. The highest BCUT2D eigenvalue weighted by molar-refractivity contribution is 5.73. The number of hydrogen-bond donors (Lipinski definition) is 2. The van der Waals surface area contributed by atoms with Gasteiger partial charge in [0.05, 0.1) is 6.61 Å². The fourth-order valence-corrected chi connectivity index (χ4v) is 2.68. The molecule has 0 saturated carbocycles. The summed E-state index contributed by atoms with van der Waals surface area (Å²) in [6, 6.07) is 10.9. The molecular formula is C17H21N3O. The molecule has 0 atom stereocenters. The molecular weight excluding hydrogens is 262 g/mol. The van der Waals surface area contributed by atoms with Gasteiger partial charge in [0.2, 0.25) is 0 Å². The van der Waals surface area contributed by atoms with Crippen molar-refractivity contribution in [2.45, 2.75) is 13.0 Å². The van der Waals surface area contributed by atoms with Crippen LogP contribution in [0.15, 0.2) is 36.5 Å². The number of nitrogens with zero attached hydrogens (tertiary/aromatic N) is 1. The zero-order chi connectivity index (χ0) is 14.5. The summed E-state index contributed by atoms with van der Waals surface area (Å²) in [6.45, 7) is 3.48. The van der Waals surface area contributed by atoms with E-state index in [9.17, 15) is 0 Å². The Morgan fingerprint density at radius 3 is 2.90 bits per heavy atom. The van der Waals surface area contributed by atoms with Crippen LogP contribution in [0.5, 0.6) is 0 Å². The third-order valence-electron chi connectivity index (χ3n) is 3.80. The minimum absolute atomic E-state index is 0.744. The largest absolute Gasteiger partial charge is 0.383 e. The molecule has 110 valence electrons. The molecule has 1 aromatic heterocycles. The van der Waals surface area contributed by atoms with Gasteiger partial charge in [-0.1, -0.05) is 24.3 Å². The molecule has 1 aliphatic heterocycles. The molecule has 0 spiro atoms. The van der Waals surface area contributed by atoms with E-state index in [0.717, 1.165) is 38.5 Å². The summed E-state index contributed by atoms with van der Waals surface area (Å²) in [7, 11) is 1.72. The molecule has 2 N–H and O–H groups in total. The van der Waals surface area contributed by atoms with E-state index in [1.807, 2.05) is 6.20 Å². The summed E-state index contributed by atoms with van der Waals surface area (Å²) >= 11 is 0. The maximum absolute atomic E-state index is 5.03. The molecule has 0 unspecified atom stereocenters. The number of aromatic nitrogens is 1. The van der Waals surface area contributed by atoms with Crippen molar-refractivity contribution in [3.63, 3.8) is 0 Å². The summed E-state index contributed by atoms with van der Waals surface area (Å²) < 4.78 is 5.03. The maximum Gasteiger partial charge on any atom is 0.129 e. The number of rotatable bonds is 6. The quantitative estimate of drug-likeness (QED) is 0.799. The second-order valence-corrected chi connectivity index (χ2v) is 5.23. The second kappa shape index (κ2) is 6.70. The molecule has 0 aliphatic carbocycles. The topological polar surface area (TPSA) is 46.2 Å². The Morgan fingerprint density at radius 1 is 1.24 bits per heavy atom. The number of fused-ring (bicyclic) bond motifs is 1. The number of ether oxygens (including phenoxy) is 1. The maximum atomic E-state index is 5.03. The van der Waals surface area contributed by atoms with Gasteiger partial charge in [0.15, 0.2) is 0 Å². The van der Waals surface area contributed by atoms with E-state index < -0.39 is 0 Å². The normalized spacial score (nSPS) is 13.0. The molecule has 0 bridgehead atoms. The Labute approximate surface area is 125 Å². The number of hydrogen-bond acceptors (Lipinski definition) is 4. The highest BCUT2D eigenvalue weighted by Gasteiger charge is 2.15. The average Bonchev–Trinajstić information content (AvgIpc) is 3.01. The molecule has 0 fully saturated rings. The molecule has 2 aromatic rings. The van der Waals surface area contributed by atoms with Crippen LogP contribution in [0.1, 0.15) is 11.1 Å². The Hall–Kier alpha value is -1.91. The van der Waals surface area contributed by atoms with Gasteiger partial charge >= 0.3 is 0 Å². The summed E-state index contributed by atoms with van der Waals surface area (Å²) in [5.41, 5.74) is 5.18. The summed E-state index contributed by atoms with van der Waals surface area (Å²) in [6.07, 6.45) is 2.94. The van der Waals surface area contributed by atoms with Crippen LogP contribution in [-0.2, 0) is 17.7 Å². The van der Waals surface area contributed by atoms with Crippen molar-refractivity contribution < 1.29 is 4.74 Å². The highest BCUT2D eigenvalue weighted by Crippen LogP contribution is 2.31. The van der Waals surface area contributed by atoms with Crippen LogP contribution in [0.3, 0.4) is 0 Å². The summed E-state index contributed by atoms with van der Waals surface area (Å²) in [5.74, 6) is 1.04. The first-order chi connectivity index (χ1) is 10.4. The van der Waals surface area contributed by atoms with Crippen molar-refractivity contribution in [3.05, 3.63) is 47.7 Å². The van der Waals surface area contributed by atoms with Crippen LogP contribution < -0.4 is 10.6 Å². The Morgan fingerprint density at radius 2 is 2.10 bits per heavy atom. The minimum Gasteiger partial charge on any atom is -0.383 e. The Kier molecular flexibility index (Phi) is 4.48. The molecule has 4 nitrogen and oxygen atoms in total. The molecule has 3 rings (SSSR count). The number of benzene rings is 1. The van der Waals surface area contributed by atoms with Gasteiger partial charge in [0.25, 0.3) is 0 Å². The smallest absolute Gasteiger partial charge is 0.129 e. The van der Waals surface area contributed by atoms with E-state index in [1.54, 1.807) is 7.11 Å². The van der Waals surface area contributed by atoms with Gasteiger partial charge in [0, 0.05) is 38.5 Å². The molecule has 0 saturated heterocycles. The van der Waals surface area contributed by atoms with E-state index in [2.05, 4.69) is 45.9 Å². The van der Waals surface area contributed by atoms with Crippen LogP contribution in [-0.4, -0.2) is 31.8 Å². The summed E-state index contributed by atoms with van der Waals surface area (Å²) in [4.78, 5) is 4.39. The SMILES string of the molecule is COCCNCc1ccc(-c2ccnc3c2CCN3)cc1. The van der Waals surface area contributed by atoms with E-state index in [4.69, 9.17) is 4.74 Å². The van der Waals surface area contributed by atoms with Gasteiger partial charge < -0.3 is 15.4 Å². The lowest BCUT2D eigenvalue weighted by Crippen LogP contribution is -2.18. The molecule has 0 amide bonds. The number of methoxy groups -OCH3 is 1. The zero-order valence-electron chi connectivity index (χ0n) is 12.4. The first kappa shape index (κ1) is 14.0. The van der Waals surface area contributed by atoms with E-state index in [1.165, 1.54) is 22.3 Å². The van der Waals surface area contributed by atoms with Gasteiger partial charge in [-0.2, -0.15) is 0 Å². The van der Waals surface area contributed by atoms with Crippen LogP contribution in [0.4, 0.5) is 5.82 Å². The number of pyridine rings is 1. The standard InChI is InChI=1S/C17H21N3O/c1-21-11-10-18-12-13-2-4-14(5-3-13)15-6-8-19-17-16(15)7-9-20-17/h2-6,8,18H,7,9-12H2,1H3,(H,19,20). The van der Waals surface area contributed by atoms with Gasteiger partial charge in [-0.3, -0.25) is 0 Å². The van der Waals surface area contributed by atoms with Gasteiger partial charge in [0.1, 0.15) is 5.82 Å². The zero-order valence-corrected chi connectivity index (χ0v) is 12.4. The van der Waals surface area contributed by atoms with E-state index >= 15 is 0 Å². The van der Waals surface area contributed by atoms with Crippen LogP contribution >= 0.6 is 0 Å². The lowest BCUT2D eigenvalue weighted by molar-refractivity contribution is 0.199. The van der Waals surface area contributed by atoms with Gasteiger partial charge in [-0.15, -0.1) is 0 Å². The monoisotopic (exact) mass is 283 g/mol. The van der Waals surface area contributed by atoms with Gasteiger partial charge in [-0.05, 0) is 29.2 Å². The molecule has 21 heavy (non-hydrogen) atoms. The number of anilines is 1. The third-order valence-corrected chi connectivity index (χ3v) is 3.80. The van der Waals surface area contributed by atoms with Crippen molar-refractivity contribution >= 4 is 5.82 Å². The lowest BCUT2D eigenvalue weighted by atomic mass is 9.99. The van der Waals surface area contributed by atoms with Crippen molar-refractivity contribution in [2.24, 2.45) is 0 Å². The van der Waals surface area contributed by atoms with Gasteiger partial charge in [-0.25, -0.2) is 4.98 Å². The predicted octanol–water partition coefficient (Wildman–Crippen LogP) is 2.45. The average molecular weight is 283 g/mol. The number of nitrogens with one attached hydrogen (secondary N) is 2. The van der Waals surface area contributed by atoms with Crippen molar-refractivity contribution in [3.8, 4) is 11.1 Å². The van der Waals surface area contributed by atoms with Crippen LogP contribution in [0.2, 0.25) is 0 Å². The Bertz CT molecular complexity index is 595. The minimum atomic E-state index is 0.744. The lowest BCUT2D eigenvalue weighted by Gasteiger charge is -2.09. The molecule has 2 heterocycles. The fraction of sp³-hybridized carbons (Fsp3) is 0.353. The van der Waals surface area contributed by atoms with Crippen molar-refractivity contribution in [2.75, 3.05) is 32.1 Å². The first-order valence-electron chi connectivity index (χ1n) is 7.39. The molecule has 0 radical (unpaired) electrons. The predicted molar refractivity (Wildman–Crippen MR) is 85.4 cm³/mol. The van der Waals surface area contributed by atoms with E-state index in [0.29, 0.717) is 0 Å². The van der Waals surface area contributed by atoms with Crippen molar-refractivity contribution in [1.29, 1.82) is 0 Å². The van der Waals surface area contributed by atoms with Crippen LogP contribution in [0.25, 0.3) is 11.1 Å². The fourth-order valence-electron chi connectivity index (χ4n) is 2.68. The second-order valence-electron chi connectivity index (χ2n) is 5.23. The highest BCUT2D eigenvalue weighted by atomic mass is 16.5. The third kappa shape index (κ3) is 3.23. The summed E-state index contributed by atoms with van der Waals surface area (Å²) in [5, 5.41) is 6.69. The molecule has 1 aromatic carbocycles. The van der Waals surface area contributed by atoms with E-state index in [-0.39, 0.29) is 0 Å². The first-order valence-corrected chi connectivity index (χ1v) is 7.39. The van der Waals surface area contributed by atoms with Crippen molar-refractivity contribution in [1.82, 2.24) is 10.3 Å².